The molecule has 2 aromatic rings. The number of nitrogens with zero attached hydrogens (tertiary/aromatic N) is 3. The van der Waals surface area contributed by atoms with E-state index in [-0.39, 0.29) is 0 Å². The molecule has 0 N–H and O–H groups in total. The summed E-state index contributed by atoms with van der Waals surface area (Å²) in [5.74, 6) is 1.82. The minimum Gasteiger partial charge on any atom is -0.467 e. The molecule has 2 heterocycles. The van der Waals surface area contributed by atoms with Crippen LogP contribution in [0.25, 0.3) is 0 Å². The Hall–Kier alpha value is -1.36. The first-order valence-electron chi connectivity index (χ1n) is 5.04. The zero-order chi connectivity index (χ0) is 11.4. The summed E-state index contributed by atoms with van der Waals surface area (Å²) in [6.45, 7) is 3.66. The van der Waals surface area contributed by atoms with Crippen LogP contribution >= 0.6 is 15.9 Å². The Kier molecular flexibility index (Phi) is 3.56. The van der Waals surface area contributed by atoms with Gasteiger partial charge in [-0.2, -0.15) is 0 Å². The SMILES string of the molecule is CCN(Cc1ccco1)c1cc(Br)ncn1. The zero-order valence-electron chi connectivity index (χ0n) is 8.93. The van der Waals surface area contributed by atoms with E-state index in [0.29, 0.717) is 6.54 Å². The summed E-state index contributed by atoms with van der Waals surface area (Å²) in [6, 6.07) is 5.74. The van der Waals surface area contributed by atoms with Crippen LogP contribution in [0.2, 0.25) is 0 Å². The van der Waals surface area contributed by atoms with Crippen LogP contribution in [0, 0.1) is 0 Å². The van der Waals surface area contributed by atoms with Crippen molar-refractivity contribution in [2.45, 2.75) is 13.5 Å². The fraction of sp³-hybridized carbons (Fsp3) is 0.273. The molecule has 0 bridgehead atoms. The van der Waals surface area contributed by atoms with Crippen molar-refractivity contribution < 1.29 is 4.42 Å². The lowest BCUT2D eigenvalue weighted by Crippen LogP contribution is -2.22. The van der Waals surface area contributed by atoms with Crippen LogP contribution in [-0.2, 0) is 6.54 Å². The Morgan fingerprint density at radius 1 is 1.44 bits per heavy atom. The van der Waals surface area contributed by atoms with Crippen LogP contribution in [0.3, 0.4) is 0 Å². The molecule has 2 rings (SSSR count). The molecule has 0 amide bonds. The van der Waals surface area contributed by atoms with Gasteiger partial charge in [-0.3, -0.25) is 0 Å². The molecule has 5 heteroatoms. The van der Waals surface area contributed by atoms with Crippen molar-refractivity contribution in [3.63, 3.8) is 0 Å². The number of rotatable bonds is 4. The van der Waals surface area contributed by atoms with E-state index in [9.17, 15) is 0 Å². The number of furan rings is 1. The maximum Gasteiger partial charge on any atom is 0.133 e. The van der Waals surface area contributed by atoms with Gasteiger partial charge in [0.2, 0.25) is 0 Å². The van der Waals surface area contributed by atoms with Crippen LogP contribution < -0.4 is 4.90 Å². The third kappa shape index (κ3) is 2.61. The van der Waals surface area contributed by atoms with Gasteiger partial charge in [-0.05, 0) is 35.0 Å². The van der Waals surface area contributed by atoms with Crippen LogP contribution in [0.4, 0.5) is 5.82 Å². The number of anilines is 1. The van der Waals surface area contributed by atoms with E-state index in [2.05, 4.69) is 37.7 Å². The molecule has 0 radical (unpaired) electrons. The molecule has 4 nitrogen and oxygen atoms in total. The monoisotopic (exact) mass is 281 g/mol. The van der Waals surface area contributed by atoms with Crippen molar-refractivity contribution in [1.29, 1.82) is 0 Å². The van der Waals surface area contributed by atoms with Crippen LogP contribution in [-0.4, -0.2) is 16.5 Å². The predicted molar refractivity (Wildman–Crippen MR) is 65.2 cm³/mol. The van der Waals surface area contributed by atoms with Gasteiger partial charge in [-0.25, -0.2) is 9.97 Å². The Balaban J connectivity index is 2.16. The van der Waals surface area contributed by atoms with Crippen LogP contribution in [0.1, 0.15) is 12.7 Å². The van der Waals surface area contributed by atoms with Gasteiger partial charge in [0.05, 0.1) is 12.8 Å². The molecule has 0 aliphatic heterocycles. The maximum atomic E-state index is 5.32. The molecule has 0 aromatic carbocycles. The summed E-state index contributed by atoms with van der Waals surface area (Å²) in [6.07, 6.45) is 3.23. The second-order valence-corrected chi connectivity index (χ2v) is 4.10. The lowest BCUT2D eigenvalue weighted by Gasteiger charge is -2.20. The maximum absolute atomic E-state index is 5.32. The van der Waals surface area contributed by atoms with E-state index in [4.69, 9.17) is 4.42 Å². The molecule has 16 heavy (non-hydrogen) atoms. The molecule has 0 saturated carbocycles. The highest BCUT2D eigenvalue weighted by atomic mass is 79.9. The van der Waals surface area contributed by atoms with Gasteiger partial charge in [0.1, 0.15) is 22.5 Å². The van der Waals surface area contributed by atoms with Gasteiger partial charge in [-0.1, -0.05) is 0 Å². The lowest BCUT2D eigenvalue weighted by molar-refractivity contribution is 0.503. The fourth-order valence-electron chi connectivity index (χ4n) is 1.44. The Labute approximate surface area is 102 Å². The Bertz CT molecular complexity index is 444. The largest absolute Gasteiger partial charge is 0.467 e. The third-order valence-electron chi connectivity index (χ3n) is 2.25. The Morgan fingerprint density at radius 3 is 2.94 bits per heavy atom. The predicted octanol–water partition coefficient (Wildman–Crippen LogP) is 2.86. The molecular weight excluding hydrogens is 270 g/mol. The number of halogens is 1. The average Bonchev–Trinajstić information content (AvgIpc) is 2.78. The standard InChI is InChI=1S/C11H12BrN3O/c1-2-15(7-9-4-3-5-16-9)11-6-10(12)13-8-14-11/h3-6,8H,2,7H2,1H3. The fourth-order valence-corrected chi connectivity index (χ4v) is 1.74. The van der Waals surface area contributed by atoms with Crippen molar-refractivity contribution in [1.82, 2.24) is 9.97 Å². The van der Waals surface area contributed by atoms with Crippen LogP contribution in [0.15, 0.2) is 39.8 Å². The van der Waals surface area contributed by atoms with E-state index >= 15 is 0 Å². The second-order valence-electron chi connectivity index (χ2n) is 3.29. The van der Waals surface area contributed by atoms with Crippen LogP contribution in [0.5, 0.6) is 0 Å². The highest BCUT2D eigenvalue weighted by Gasteiger charge is 2.08. The first kappa shape index (κ1) is 11.1. The molecule has 0 aliphatic carbocycles. The molecule has 0 saturated heterocycles. The quantitative estimate of drug-likeness (QED) is 0.809. The highest BCUT2D eigenvalue weighted by Crippen LogP contribution is 2.17. The van der Waals surface area contributed by atoms with Gasteiger partial charge in [0.15, 0.2) is 0 Å². The Morgan fingerprint density at radius 2 is 2.31 bits per heavy atom. The van der Waals surface area contributed by atoms with Crippen molar-refractivity contribution in [2.75, 3.05) is 11.4 Å². The molecular formula is C11H12BrN3O. The topological polar surface area (TPSA) is 42.2 Å². The number of hydrogen-bond donors (Lipinski definition) is 0. The van der Waals surface area contributed by atoms with E-state index in [1.165, 1.54) is 0 Å². The molecule has 0 aliphatic rings. The summed E-state index contributed by atoms with van der Waals surface area (Å²) in [7, 11) is 0. The second kappa shape index (κ2) is 5.12. The van der Waals surface area contributed by atoms with Crippen molar-refractivity contribution in [3.05, 3.63) is 41.2 Å². The zero-order valence-corrected chi connectivity index (χ0v) is 10.5. The van der Waals surface area contributed by atoms with Gasteiger partial charge < -0.3 is 9.32 Å². The molecule has 0 spiro atoms. The normalized spacial score (nSPS) is 10.4. The van der Waals surface area contributed by atoms with Crippen molar-refractivity contribution >= 4 is 21.7 Å². The molecule has 0 fully saturated rings. The van der Waals surface area contributed by atoms with Gasteiger partial charge in [0, 0.05) is 12.6 Å². The first-order valence-corrected chi connectivity index (χ1v) is 5.83. The summed E-state index contributed by atoms with van der Waals surface area (Å²) in [4.78, 5) is 10.4. The van der Waals surface area contributed by atoms with Crippen molar-refractivity contribution in [2.24, 2.45) is 0 Å². The summed E-state index contributed by atoms with van der Waals surface area (Å²) in [5.41, 5.74) is 0. The third-order valence-corrected chi connectivity index (χ3v) is 2.69. The molecule has 2 aromatic heterocycles. The minimum absolute atomic E-state index is 0.715. The highest BCUT2D eigenvalue weighted by molar-refractivity contribution is 9.10. The smallest absolute Gasteiger partial charge is 0.133 e. The summed E-state index contributed by atoms with van der Waals surface area (Å²) in [5, 5.41) is 0. The first-order chi connectivity index (χ1) is 7.79. The van der Waals surface area contributed by atoms with E-state index < -0.39 is 0 Å². The summed E-state index contributed by atoms with van der Waals surface area (Å²) >= 11 is 3.34. The molecule has 0 atom stereocenters. The van der Waals surface area contributed by atoms with Crippen molar-refractivity contribution in [3.8, 4) is 0 Å². The number of aromatic nitrogens is 2. The van der Waals surface area contributed by atoms with E-state index in [1.54, 1.807) is 12.6 Å². The van der Waals surface area contributed by atoms with Gasteiger partial charge in [0.25, 0.3) is 0 Å². The molecule has 84 valence electrons. The minimum atomic E-state index is 0.715. The van der Waals surface area contributed by atoms with Gasteiger partial charge in [-0.15, -0.1) is 0 Å². The lowest BCUT2D eigenvalue weighted by atomic mass is 10.4. The van der Waals surface area contributed by atoms with Gasteiger partial charge >= 0.3 is 0 Å². The summed E-state index contributed by atoms with van der Waals surface area (Å²) < 4.78 is 6.11. The van der Waals surface area contributed by atoms with E-state index in [1.807, 2.05) is 18.2 Å². The average molecular weight is 282 g/mol. The van der Waals surface area contributed by atoms with E-state index in [0.717, 1.165) is 22.7 Å². The number of hydrogen-bond acceptors (Lipinski definition) is 4. The molecule has 0 unspecified atom stereocenters.